The molecule has 0 bridgehead atoms. The number of nitrogens with one attached hydrogen (secondary N) is 1. The van der Waals surface area contributed by atoms with Gasteiger partial charge in [0.2, 0.25) is 5.91 Å². The van der Waals surface area contributed by atoms with Crippen molar-refractivity contribution < 1.29 is 14.4 Å². The van der Waals surface area contributed by atoms with Gasteiger partial charge in [0.15, 0.2) is 11.3 Å². The summed E-state index contributed by atoms with van der Waals surface area (Å²) in [4.78, 5) is 55.1. The van der Waals surface area contributed by atoms with E-state index in [1.54, 1.807) is 37.4 Å². The molecule has 0 unspecified atom stereocenters. The van der Waals surface area contributed by atoms with Gasteiger partial charge in [-0.3, -0.25) is 14.4 Å². The van der Waals surface area contributed by atoms with E-state index < -0.39 is 5.91 Å². The summed E-state index contributed by atoms with van der Waals surface area (Å²) in [6.45, 7) is 7.96. The highest BCUT2D eigenvalue weighted by molar-refractivity contribution is 6.13. The lowest BCUT2D eigenvalue weighted by Crippen LogP contribution is -2.40. The molecule has 0 spiro atoms. The number of nitrogens with two attached hydrogens (primary N) is 1. The molecule has 1 aromatic carbocycles. The molecule has 2 aliphatic rings. The summed E-state index contributed by atoms with van der Waals surface area (Å²) in [5, 5.41) is 12.0. The SMILES string of the molecule is C=CC(=O)N1CCC[C@@H](n2nc(C(=O)Nc3ccc(C(=O)N4CCn5ncnc5C4)c(C)c3)c3c(N)ncnc32)C1. The maximum atomic E-state index is 13.5. The maximum absolute atomic E-state index is 13.5. The molecule has 2 aliphatic heterocycles. The van der Waals surface area contributed by atoms with Crippen molar-refractivity contribution in [3.63, 3.8) is 0 Å². The molecule has 0 radical (unpaired) electrons. The van der Waals surface area contributed by atoms with E-state index in [0.717, 1.165) is 18.7 Å². The van der Waals surface area contributed by atoms with Crippen LogP contribution in [-0.2, 0) is 17.9 Å². The van der Waals surface area contributed by atoms with E-state index in [2.05, 4.69) is 37.0 Å². The number of nitrogen functional groups attached to an aromatic ring is 1. The first-order valence-electron chi connectivity index (χ1n) is 13.3. The lowest BCUT2D eigenvalue weighted by atomic mass is 10.1. The van der Waals surface area contributed by atoms with E-state index in [-0.39, 0.29) is 29.4 Å². The Labute approximate surface area is 234 Å². The van der Waals surface area contributed by atoms with E-state index in [1.165, 1.54) is 18.7 Å². The van der Waals surface area contributed by atoms with Crippen molar-refractivity contribution in [2.24, 2.45) is 0 Å². The number of rotatable bonds is 5. The number of aromatic nitrogens is 7. The van der Waals surface area contributed by atoms with Gasteiger partial charge in [0.1, 0.15) is 24.3 Å². The van der Waals surface area contributed by atoms with Crippen LogP contribution >= 0.6 is 0 Å². The van der Waals surface area contributed by atoms with Crippen LogP contribution in [0.15, 0.2) is 43.5 Å². The highest BCUT2D eigenvalue weighted by atomic mass is 16.2. The summed E-state index contributed by atoms with van der Waals surface area (Å²) in [5.74, 6) is 0.129. The van der Waals surface area contributed by atoms with Crippen LogP contribution in [0.1, 0.15) is 51.1 Å². The van der Waals surface area contributed by atoms with Gasteiger partial charge < -0.3 is 20.9 Å². The van der Waals surface area contributed by atoms with Crippen LogP contribution in [0.3, 0.4) is 0 Å². The molecule has 4 aromatic rings. The van der Waals surface area contributed by atoms with Crippen LogP contribution in [0.25, 0.3) is 11.0 Å². The Balaban J connectivity index is 1.24. The quantitative estimate of drug-likeness (QED) is 0.347. The van der Waals surface area contributed by atoms with Crippen molar-refractivity contribution in [3.05, 3.63) is 66.2 Å². The lowest BCUT2D eigenvalue weighted by Gasteiger charge is -2.32. The van der Waals surface area contributed by atoms with E-state index in [4.69, 9.17) is 5.73 Å². The second-order valence-electron chi connectivity index (χ2n) is 10.1. The fourth-order valence-electron chi connectivity index (χ4n) is 5.47. The highest BCUT2D eigenvalue weighted by Crippen LogP contribution is 2.29. The second kappa shape index (κ2) is 10.4. The number of carbonyl (C=O) groups is 3. The average molecular weight is 556 g/mol. The smallest absolute Gasteiger partial charge is 0.277 e. The molecule has 6 rings (SSSR count). The predicted molar refractivity (Wildman–Crippen MR) is 149 cm³/mol. The van der Waals surface area contributed by atoms with Crippen LogP contribution in [0, 0.1) is 6.92 Å². The molecule has 14 heteroatoms. The zero-order valence-corrected chi connectivity index (χ0v) is 22.5. The van der Waals surface area contributed by atoms with E-state index in [0.29, 0.717) is 60.6 Å². The van der Waals surface area contributed by atoms with Gasteiger partial charge in [-0.25, -0.2) is 24.3 Å². The van der Waals surface area contributed by atoms with Gasteiger partial charge in [-0.1, -0.05) is 6.58 Å². The number of amides is 3. The fourth-order valence-corrected chi connectivity index (χ4v) is 5.47. The maximum Gasteiger partial charge on any atom is 0.277 e. The van der Waals surface area contributed by atoms with Gasteiger partial charge in [0.05, 0.1) is 24.5 Å². The van der Waals surface area contributed by atoms with E-state index in [1.807, 2.05) is 6.92 Å². The number of piperidine rings is 1. The second-order valence-corrected chi connectivity index (χ2v) is 10.1. The third-order valence-electron chi connectivity index (χ3n) is 7.57. The Morgan fingerprint density at radius 1 is 1.10 bits per heavy atom. The Hall–Kier alpha value is -5.14. The molecule has 3 aromatic heterocycles. The van der Waals surface area contributed by atoms with Crippen molar-refractivity contribution in [3.8, 4) is 0 Å². The number of benzene rings is 1. The molecule has 41 heavy (non-hydrogen) atoms. The minimum absolute atomic E-state index is 0.0838. The van der Waals surface area contributed by atoms with Crippen LogP contribution < -0.4 is 11.1 Å². The fraction of sp³-hybridized carbons (Fsp3) is 0.333. The minimum Gasteiger partial charge on any atom is -0.383 e. The molecule has 210 valence electrons. The summed E-state index contributed by atoms with van der Waals surface area (Å²) in [6, 6.07) is 4.94. The Kier molecular flexibility index (Phi) is 6.65. The van der Waals surface area contributed by atoms with E-state index in [9.17, 15) is 14.4 Å². The molecule has 1 fully saturated rings. The van der Waals surface area contributed by atoms with Gasteiger partial charge in [0, 0.05) is 30.9 Å². The zero-order valence-electron chi connectivity index (χ0n) is 22.5. The normalized spacial score (nSPS) is 16.9. The van der Waals surface area contributed by atoms with Crippen LogP contribution in [-0.4, -0.2) is 81.7 Å². The minimum atomic E-state index is -0.487. The molecule has 0 aliphatic carbocycles. The first-order chi connectivity index (χ1) is 19.8. The molecule has 3 N–H and O–H groups in total. The molecular formula is C27H29N11O3. The number of carbonyl (C=O) groups excluding carboxylic acids is 3. The Bertz CT molecular complexity index is 1690. The highest BCUT2D eigenvalue weighted by Gasteiger charge is 2.30. The van der Waals surface area contributed by atoms with Crippen molar-refractivity contribution >= 4 is 40.3 Å². The van der Waals surface area contributed by atoms with Crippen molar-refractivity contribution in [2.75, 3.05) is 30.7 Å². The standard InChI is InChI=1S/C27H29N11O3/c1-3-21(39)35-8-4-5-18(12-35)38-25-22(24(28)30-14-31-25)23(34-38)26(40)33-17-6-7-19(16(2)11-17)27(41)36-9-10-37-20(13-36)29-15-32-37/h3,6-7,11,14-15,18H,1,4-5,8-10,12-13H2,2H3,(H,33,40)(H2,28,30,31)/t18-/m1/s1. The third-order valence-corrected chi connectivity index (χ3v) is 7.57. The van der Waals surface area contributed by atoms with Gasteiger partial charge in [-0.15, -0.1) is 0 Å². The van der Waals surface area contributed by atoms with Crippen LogP contribution in [0.4, 0.5) is 11.5 Å². The number of hydrogen-bond donors (Lipinski definition) is 2. The summed E-state index contributed by atoms with van der Waals surface area (Å²) in [5.41, 5.74) is 8.45. The molecule has 3 amide bonds. The molecule has 0 saturated carbocycles. The Morgan fingerprint density at radius 2 is 1.95 bits per heavy atom. The summed E-state index contributed by atoms with van der Waals surface area (Å²) < 4.78 is 3.46. The third kappa shape index (κ3) is 4.77. The van der Waals surface area contributed by atoms with Crippen molar-refractivity contribution in [1.29, 1.82) is 0 Å². The molecule has 1 atom stereocenters. The largest absolute Gasteiger partial charge is 0.383 e. The average Bonchev–Trinajstić information content (AvgIpc) is 3.62. The topological polar surface area (TPSA) is 170 Å². The zero-order chi connectivity index (χ0) is 28.7. The lowest BCUT2D eigenvalue weighted by molar-refractivity contribution is -0.127. The first kappa shape index (κ1) is 26.1. The molecule has 5 heterocycles. The number of nitrogens with zero attached hydrogens (tertiary/aromatic N) is 9. The van der Waals surface area contributed by atoms with Crippen molar-refractivity contribution in [1.82, 2.24) is 44.3 Å². The number of fused-ring (bicyclic) bond motifs is 2. The predicted octanol–water partition coefficient (Wildman–Crippen LogP) is 1.57. The van der Waals surface area contributed by atoms with E-state index >= 15 is 0 Å². The number of anilines is 2. The molecular weight excluding hydrogens is 526 g/mol. The molecule has 1 saturated heterocycles. The van der Waals surface area contributed by atoms with Gasteiger partial charge in [-0.05, 0) is 49.6 Å². The summed E-state index contributed by atoms with van der Waals surface area (Å²) in [6.07, 6.45) is 5.65. The van der Waals surface area contributed by atoms with Gasteiger partial charge in [-0.2, -0.15) is 10.2 Å². The van der Waals surface area contributed by atoms with Gasteiger partial charge in [0.25, 0.3) is 11.8 Å². The van der Waals surface area contributed by atoms with Crippen LogP contribution in [0.5, 0.6) is 0 Å². The summed E-state index contributed by atoms with van der Waals surface area (Å²) >= 11 is 0. The molecule has 14 nitrogen and oxygen atoms in total. The van der Waals surface area contributed by atoms with Gasteiger partial charge >= 0.3 is 0 Å². The summed E-state index contributed by atoms with van der Waals surface area (Å²) in [7, 11) is 0. The first-order valence-corrected chi connectivity index (χ1v) is 13.3. The van der Waals surface area contributed by atoms with Crippen LogP contribution in [0.2, 0.25) is 0 Å². The number of likely N-dealkylation sites (tertiary alicyclic amines) is 1. The van der Waals surface area contributed by atoms with Crippen molar-refractivity contribution in [2.45, 2.75) is 38.9 Å². The number of aryl methyl sites for hydroxylation is 1. The Morgan fingerprint density at radius 3 is 2.76 bits per heavy atom. The number of hydrogen-bond acceptors (Lipinski definition) is 9. The monoisotopic (exact) mass is 555 g/mol.